The lowest BCUT2D eigenvalue weighted by atomic mass is 9.66. The van der Waals surface area contributed by atoms with Crippen molar-refractivity contribution in [2.45, 2.75) is 52.4 Å². The van der Waals surface area contributed by atoms with Gasteiger partial charge in [0, 0.05) is 17.6 Å². The minimum Gasteiger partial charge on any atom is -0.508 e. The predicted molar refractivity (Wildman–Crippen MR) is 75.9 cm³/mol. The van der Waals surface area contributed by atoms with Crippen molar-refractivity contribution in [1.29, 1.82) is 0 Å². The standard InChI is InChI=1S/C16H26O2/c1-5-16(10-11-17,12-15(2,3)4)13-8-6-7-9-14(13)18/h6-9,17-18H,5,10-12H2,1-4H3. The van der Waals surface area contributed by atoms with Crippen LogP contribution in [0.25, 0.3) is 0 Å². The van der Waals surface area contributed by atoms with E-state index in [-0.39, 0.29) is 17.4 Å². The molecule has 0 amide bonds. The highest BCUT2D eigenvalue weighted by atomic mass is 16.3. The van der Waals surface area contributed by atoms with Crippen LogP contribution in [0.2, 0.25) is 0 Å². The molecule has 2 heteroatoms. The predicted octanol–water partition coefficient (Wildman–Crippen LogP) is 3.86. The molecule has 0 saturated heterocycles. The fraction of sp³-hybridized carbons (Fsp3) is 0.625. The van der Waals surface area contributed by atoms with Gasteiger partial charge in [0.25, 0.3) is 0 Å². The molecule has 0 aliphatic carbocycles. The molecule has 1 aromatic rings. The van der Waals surface area contributed by atoms with Gasteiger partial charge in [-0.1, -0.05) is 45.9 Å². The van der Waals surface area contributed by atoms with Crippen LogP contribution in [0.4, 0.5) is 0 Å². The molecular formula is C16H26O2. The van der Waals surface area contributed by atoms with Gasteiger partial charge in [-0.05, 0) is 30.7 Å². The van der Waals surface area contributed by atoms with Gasteiger partial charge >= 0.3 is 0 Å². The van der Waals surface area contributed by atoms with Gasteiger partial charge in [-0.15, -0.1) is 0 Å². The number of rotatable bonds is 5. The quantitative estimate of drug-likeness (QED) is 0.833. The molecule has 1 aromatic carbocycles. The van der Waals surface area contributed by atoms with Crippen LogP contribution in [0.5, 0.6) is 5.75 Å². The number of aromatic hydroxyl groups is 1. The summed E-state index contributed by atoms with van der Waals surface area (Å²) in [6.45, 7) is 8.89. The number of para-hydroxylation sites is 1. The zero-order chi connectivity index (χ0) is 13.8. The van der Waals surface area contributed by atoms with E-state index in [1.165, 1.54) is 0 Å². The Kier molecular flexibility index (Phi) is 4.80. The van der Waals surface area contributed by atoms with Gasteiger partial charge in [-0.3, -0.25) is 0 Å². The zero-order valence-corrected chi connectivity index (χ0v) is 12.0. The highest BCUT2D eigenvalue weighted by Crippen LogP contribution is 2.44. The molecule has 0 bridgehead atoms. The number of phenolic OH excluding ortho intramolecular Hbond substituents is 1. The van der Waals surface area contributed by atoms with Crippen molar-refractivity contribution in [3.05, 3.63) is 29.8 Å². The van der Waals surface area contributed by atoms with Crippen molar-refractivity contribution in [2.24, 2.45) is 5.41 Å². The van der Waals surface area contributed by atoms with Gasteiger partial charge in [0.2, 0.25) is 0 Å². The lowest BCUT2D eigenvalue weighted by molar-refractivity contribution is 0.178. The van der Waals surface area contributed by atoms with E-state index >= 15 is 0 Å². The van der Waals surface area contributed by atoms with Gasteiger partial charge in [-0.25, -0.2) is 0 Å². The SMILES string of the molecule is CCC(CCO)(CC(C)(C)C)c1ccccc1O. The molecule has 18 heavy (non-hydrogen) atoms. The summed E-state index contributed by atoms with van der Waals surface area (Å²) >= 11 is 0. The first-order valence-electron chi connectivity index (χ1n) is 6.74. The van der Waals surface area contributed by atoms with Crippen molar-refractivity contribution < 1.29 is 10.2 Å². The van der Waals surface area contributed by atoms with E-state index in [2.05, 4.69) is 27.7 Å². The third-order valence-corrected chi connectivity index (χ3v) is 3.61. The van der Waals surface area contributed by atoms with E-state index in [1.54, 1.807) is 6.07 Å². The number of aliphatic hydroxyl groups is 1. The molecule has 0 fully saturated rings. The normalized spacial score (nSPS) is 15.4. The number of hydrogen-bond donors (Lipinski definition) is 2. The molecule has 2 nitrogen and oxygen atoms in total. The molecule has 0 saturated carbocycles. The van der Waals surface area contributed by atoms with Crippen LogP contribution in [-0.2, 0) is 5.41 Å². The van der Waals surface area contributed by atoms with Gasteiger partial charge in [0.1, 0.15) is 5.75 Å². The summed E-state index contributed by atoms with van der Waals surface area (Å²) in [5.41, 5.74) is 0.989. The Morgan fingerprint density at radius 3 is 2.17 bits per heavy atom. The molecule has 2 N–H and O–H groups in total. The first-order valence-corrected chi connectivity index (χ1v) is 6.74. The molecule has 0 spiro atoms. The van der Waals surface area contributed by atoms with Crippen molar-refractivity contribution in [3.63, 3.8) is 0 Å². The Balaban J connectivity index is 3.23. The van der Waals surface area contributed by atoms with Crippen molar-refractivity contribution in [3.8, 4) is 5.75 Å². The van der Waals surface area contributed by atoms with E-state index in [0.717, 1.165) is 18.4 Å². The zero-order valence-electron chi connectivity index (χ0n) is 12.0. The Morgan fingerprint density at radius 1 is 1.11 bits per heavy atom. The molecule has 0 aliphatic rings. The van der Waals surface area contributed by atoms with E-state index in [0.29, 0.717) is 12.2 Å². The van der Waals surface area contributed by atoms with Crippen LogP contribution >= 0.6 is 0 Å². The lowest BCUT2D eigenvalue weighted by Crippen LogP contribution is -2.32. The third kappa shape index (κ3) is 3.49. The maximum absolute atomic E-state index is 10.1. The smallest absolute Gasteiger partial charge is 0.119 e. The molecule has 1 rings (SSSR count). The first kappa shape index (κ1) is 15.0. The maximum Gasteiger partial charge on any atom is 0.119 e. The Morgan fingerprint density at radius 2 is 1.72 bits per heavy atom. The lowest BCUT2D eigenvalue weighted by Gasteiger charge is -2.39. The molecule has 1 atom stereocenters. The Labute approximate surface area is 111 Å². The van der Waals surface area contributed by atoms with Gasteiger partial charge in [0.05, 0.1) is 0 Å². The fourth-order valence-electron chi connectivity index (χ4n) is 2.96. The second kappa shape index (κ2) is 5.75. The topological polar surface area (TPSA) is 40.5 Å². The van der Waals surface area contributed by atoms with Crippen LogP contribution in [0, 0.1) is 5.41 Å². The van der Waals surface area contributed by atoms with Crippen LogP contribution in [0.1, 0.15) is 52.5 Å². The summed E-state index contributed by atoms with van der Waals surface area (Å²) in [4.78, 5) is 0. The van der Waals surface area contributed by atoms with Crippen LogP contribution in [0.15, 0.2) is 24.3 Å². The van der Waals surface area contributed by atoms with E-state index in [4.69, 9.17) is 0 Å². The van der Waals surface area contributed by atoms with E-state index in [1.807, 2.05) is 18.2 Å². The fourth-order valence-corrected chi connectivity index (χ4v) is 2.96. The number of hydrogen-bond acceptors (Lipinski definition) is 2. The summed E-state index contributed by atoms with van der Waals surface area (Å²) in [6, 6.07) is 7.52. The number of phenols is 1. The maximum atomic E-state index is 10.1. The molecule has 0 heterocycles. The molecular weight excluding hydrogens is 224 g/mol. The Hall–Kier alpha value is -1.02. The summed E-state index contributed by atoms with van der Waals surface area (Å²) in [5.74, 6) is 0.344. The van der Waals surface area contributed by atoms with Crippen LogP contribution in [0.3, 0.4) is 0 Å². The highest BCUT2D eigenvalue weighted by molar-refractivity contribution is 5.38. The third-order valence-electron chi connectivity index (χ3n) is 3.61. The first-order chi connectivity index (χ1) is 8.34. The molecule has 102 valence electrons. The minimum atomic E-state index is -0.141. The number of aliphatic hydroxyl groups excluding tert-OH is 1. The average molecular weight is 250 g/mol. The van der Waals surface area contributed by atoms with Crippen LogP contribution < -0.4 is 0 Å². The van der Waals surface area contributed by atoms with Gasteiger partial charge in [0.15, 0.2) is 0 Å². The van der Waals surface area contributed by atoms with Crippen molar-refractivity contribution in [2.75, 3.05) is 6.61 Å². The number of benzene rings is 1. The second-order valence-electron chi connectivity index (χ2n) is 6.36. The van der Waals surface area contributed by atoms with Gasteiger partial charge < -0.3 is 10.2 Å². The van der Waals surface area contributed by atoms with E-state index in [9.17, 15) is 10.2 Å². The van der Waals surface area contributed by atoms with Gasteiger partial charge in [-0.2, -0.15) is 0 Å². The monoisotopic (exact) mass is 250 g/mol. The highest BCUT2D eigenvalue weighted by Gasteiger charge is 2.35. The van der Waals surface area contributed by atoms with Crippen molar-refractivity contribution >= 4 is 0 Å². The van der Waals surface area contributed by atoms with E-state index < -0.39 is 0 Å². The Bertz CT molecular complexity index is 379. The molecule has 0 aromatic heterocycles. The molecule has 0 aliphatic heterocycles. The molecule has 1 unspecified atom stereocenters. The summed E-state index contributed by atoms with van der Waals surface area (Å²) < 4.78 is 0. The average Bonchev–Trinajstić information content (AvgIpc) is 2.27. The summed E-state index contributed by atoms with van der Waals surface area (Å²) in [7, 11) is 0. The largest absolute Gasteiger partial charge is 0.508 e. The minimum absolute atomic E-state index is 0.141. The van der Waals surface area contributed by atoms with Crippen LogP contribution in [-0.4, -0.2) is 16.8 Å². The second-order valence-corrected chi connectivity index (χ2v) is 6.36. The van der Waals surface area contributed by atoms with Crippen molar-refractivity contribution in [1.82, 2.24) is 0 Å². The summed E-state index contributed by atoms with van der Waals surface area (Å²) in [6.07, 6.45) is 2.56. The molecule has 0 radical (unpaired) electrons. The summed E-state index contributed by atoms with van der Waals surface area (Å²) in [5, 5.41) is 19.5.